The van der Waals surface area contributed by atoms with Gasteiger partial charge in [0, 0.05) is 25.7 Å². The average Bonchev–Trinajstić information content (AvgIpc) is 2.20. The van der Waals surface area contributed by atoms with E-state index in [0.29, 0.717) is 19.5 Å². The quantitative estimate of drug-likeness (QED) is 0.694. The fourth-order valence-electron chi connectivity index (χ4n) is 1.45. The maximum absolute atomic E-state index is 12.1. The lowest BCUT2D eigenvalue weighted by Crippen LogP contribution is -2.47. The van der Waals surface area contributed by atoms with Gasteiger partial charge in [0.1, 0.15) is 0 Å². The van der Waals surface area contributed by atoms with Crippen molar-refractivity contribution in [1.82, 2.24) is 4.90 Å². The lowest BCUT2D eigenvalue weighted by molar-refractivity contribution is -0.137. The van der Waals surface area contributed by atoms with Crippen molar-refractivity contribution in [3.8, 4) is 0 Å². The Labute approximate surface area is 98.4 Å². The van der Waals surface area contributed by atoms with Crippen molar-refractivity contribution in [3.63, 3.8) is 0 Å². The topological polar surface area (TPSA) is 55.6 Å². The lowest BCUT2D eigenvalue weighted by atomic mass is 10.0. The van der Waals surface area contributed by atoms with Crippen molar-refractivity contribution in [3.05, 3.63) is 12.7 Å². The first-order chi connectivity index (χ1) is 7.36. The molecule has 0 aliphatic rings. The summed E-state index contributed by atoms with van der Waals surface area (Å²) in [5, 5.41) is 0. The Morgan fingerprint density at radius 2 is 2.12 bits per heavy atom. The molecule has 0 saturated carbocycles. The maximum Gasteiger partial charge on any atom is 0.225 e. The minimum Gasteiger partial charge on any atom is -0.380 e. The second-order valence-electron chi connectivity index (χ2n) is 4.76. The summed E-state index contributed by atoms with van der Waals surface area (Å²) in [7, 11) is 1.57. The van der Waals surface area contributed by atoms with E-state index in [0.717, 1.165) is 0 Å². The molecular formula is C12H24N2O2. The van der Waals surface area contributed by atoms with E-state index in [9.17, 15) is 4.79 Å². The Bertz CT molecular complexity index is 230. The fourth-order valence-corrected chi connectivity index (χ4v) is 1.45. The maximum atomic E-state index is 12.1. The average molecular weight is 228 g/mol. The first kappa shape index (κ1) is 15.1. The molecule has 0 aliphatic carbocycles. The van der Waals surface area contributed by atoms with Gasteiger partial charge in [-0.1, -0.05) is 6.08 Å². The van der Waals surface area contributed by atoms with Crippen molar-refractivity contribution < 1.29 is 9.53 Å². The van der Waals surface area contributed by atoms with E-state index in [4.69, 9.17) is 10.5 Å². The molecule has 0 saturated heterocycles. The van der Waals surface area contributed by atoms with Crippen LogP contribution < -0.4 is 5.73 Å². The molecule has 0 radical (unpaired) electrons. The second kappa shape index (κ2) is 6.66. The number of carbonyl (C=O) groups is 1. The third-order valence-corrected chi connectivity index (χ3v) is 2.42. The first-order valence-corrected chi connectivity index (χ1v) is 5.51. The van der Waals surface area contributed by atoms with Gasteiger partial charge in [-0.15, -0.1) is 6.58 Å². The van der Waals surface area contributed by atoms with Crippen LogP contribution in [0.15, 0.2) is 12.7 Å². The van der Waals surface area contributed by atoms with Crippen molar-refractivity contribution >= 4 is 5.91 Å². The summed E-state index contributed by atoms with van der Waals surface area (Å²) in [5.74, 6) is 0.0460. The van der Waals surface area contributed by atoms with Crippen LogP contribution >= 0.6 is 0 Å². The van der Waals surface area contributed by atoms with Crippen molar-refractivity contribution in [2.45, 2.75) is 38.8 Å². The summed E-state index contributed by atoms with van der Waals surface area (Å²) >= 11 is 0. The molecule has 0 bridgehead atoms. The van der Waals surface area contributed by atoms with Gasteiger partial charge in [-0.2, -0.15) is 0 Å². The zero-order chi connectivity index (χ0) is 12.8. The molecule has 1 atom stereocenters. The van der Waals surface area contributed by atoms with Crippen LogP contribution in [-0.2, 0) is 9.53 Å². The third-order valence-electron chi connectivity index (χ3n) is 2.42. The number of nitrogens with zero attached hydrogens (tertiary/aromatic N) is 1. The van der Waals surface area contributed by atoms with Gasteiger partial charge in [0.2, 0.25) is 5.91 Å². The van der Waals surface area contributed by atoms with Gasteiger partial charge >= 0.3 is 0 Å². The Morgan fingerprint density at radius 3 is 2.44 bits per heavy atom. The zero-order valence-corrected chi connectivity index (χ0v) is 10.8. The smallest absolute Gasteiger partial charge is 0.225 e. The van der Waals surface area contributed by atoms with Crippen LogP contribution in [0.5, 0.6) is 0 Å². The molecule has 0 fully saturated rings. The van der Waals surface area contributed by atoms with Crippen LogP contribution in [0.25, 0.3) is 0 Å². The summed E-state index contributed by atoms with van der Waals surface area (Å²) in [5.41, 5.74) is 5.29. The highest BCUT2D eigenvalue weighted by atomic mass is 16.5. The van der Waals surface area contributed by atoms with Gasteiger partial charge < -0.3 is 15.4 Å². The van der Waals surface area contributed by atoms with E-state index >= 15 is 0 Å². The summed E-state index contributed by atoms with van der Waals surface area (Å²) in [6, 6.07) is 0. The zero-order valence-electron chi connectivity index (χ0n) is 10.8. The molecule has 0 spiro atoms. The molecule has 0 aliphatic heterocycles. The minimum absolute atomic E-state index is 0.0460. The molecule has 0 aromatic heterocycles. The van der Waals surface area contributed by atoms with Crippen LogP contribution in [0.3, 0.4) is 0 Å². The van der Waals surface area contributed by atoms with Crippen molar-refractivity contribution in [1.29, 1.82) is 0 Å². The molecular weight excluding hydrogens is 204 g/mol. The molecule has 1 unspecified atom stereocenters. The molecule has 4 heteroatoms. The molecule has 0 heterocycles. The number of hydrogen-bond donors (Lipinski definition) is 1. The van der Waals surface area contributed by atoms with E-state index in [1.54, 1.807) is 18.1 Å². The highest BCUT2D eigenvalue weighted by Gasteiger charge is 2.26. The minimum atomic E-state index is -0.210. The number of ether oxygens (including phenoxy) is 1. The summed E-state index contributed by atoms with van der Waals surface area (Å²) in [4.78, 5) is 13.8. The first-order valence-electron chi connectivity index (χ1n) is 5.51. The summed E-state index contributed by atoms with van der Waals surface area (Å²) < 4.78 is 5.11. The molecule has 4 nitrogen and oxygen atoms in total. The standard InChI is InChI=1S/C12H24N2O2/c1-6-7-14(12(2,3)4)11(15)8-10(9-13)16-5/h6,10H,1,7-9,13H2,2-5H3. The van der Waals surface area contributed by atoms with Crippen LogP contribution in [-0.4, -0.2) is 42.6 Å². The SMILES string of the molecule is C=CCN(C(=O)CC(CN)OC)C(C)(C)C. The highest BCUT2D eigenvalue weighted by molar-refractivity contribution is 5.77. The molecule has 2 N–H and O–H groups in total. The molecule has 0 aromatic rings. The van der Waals surface area contributed by atoms with Crippen LogP contribution in [0, 0.1) is 0 Å². The number of rotatable bonds is 6. The highest BCUT2D eigenvalue weighted by Crippen LogP contribution is 2.15. The van der Waals surface area contributed by atoms with Crippen LogP contribution in [0.4, 0.5) is 0 Å². The van der Waals surface area contributed by atoms with Gasteiger partial charge in [-0.25, -0.2) is 0 Å². The van der Waals surface area contributed by atoms with Crippen molar-refractivity contribution in [2.75, 3.05) is 20.2 Å². The van der Waals surface area contributed by atoms with E-state index in [-0.39, 0.29) is 17.6 Å². The number of carbonyl (C=O) groups excluding carboxylic acids is 1. The summed E-state index contributed by atoms with van der Waals surface area (Å²) in [6.07, 6.45) is 1.84. The number of amides is 1. The Morgan fingerprint density at radius 1 is 1.56 bits per heavy atom. The van der Waals surface area contributed by atoms with Gasteiger partial charge in [0.15, 0.2) is 0 Å². The molecule has 1 amide bonds. The number of hydrogen-bond acceptors (Lipinski definition) is 3. The summed E-state index contributed by atoms with van der Waals surface area (Å²) in [6.45, 7) is 10.6. The Balaban J connectivity index is 4.56. The predicted octanol–water partition coefficient (Wildman–Crippen LogP) is 1.16. The van der Waals surface area contributed by atoms with Gasteiger partial charge in [0.05, 0.1) is 12.5 Å². The molecule has 16 heavy (non-hydrogen) atoms. The predicted molar refractivity (Wildman–Crippen MR) is 66.1 cm³/mol. The van der Waals surface area contributed by atoms with Crippen LogP contribution in [0.1, 0.15) is 27.2 Å². The van der Waals surface area contributed by atoms with E-state index < -0.39 is 0 Å². The lowest BCUT2D eigenvalue weighted by Gasteiger charge is -2.35. The normalized spacial score (nSPS) is 13.3. The van der Waals surface area contributed by atoms with Crippen molar-refractivity contribution in [2.24, 2.45) is 5.73 Å². The monoisotopic (exact) mass is 228 g/mol. The third kappa shape index (κ3) is 4.77. The number of nitrogens with two attached hydrogens (primary N) is 1. The molecule has 94 valence electrons. The van der Waals surface area contributed by atoms with Crippen LogP contribution in [0.2, 0.25) is 0 Å². The van der Waals surface area contributed by atoms with E-state index in [2.05, 4.69) is 6.58 Å². The fraction of sp³-hybridized carbons (Fsp3) is 0.750. The van der Waals surface area contributed by atoms with E-state index in [1.807, 2.05) is 20.8 Å². The van der Waals surface area contributed by atoms with Gasteiger partial charge in [-0.3, -0.25) is 4.79 Å². The Kier molecular flexibility index (Phi) is 6.29. The van der Waals surface area contributed by atoms with E-state index in [1.165, 1.54) is 0 Å². The second-order valence-corrected chi connectivity index (χ2v) is 4.76. The largest absolute Gasteiger partial charge is 0.380 e. The molecule has 0 aromatic carbocycles. The van der Waals surface area contributed by atoms with Gasteiger partial charge in [0.25, 0.3) is 0 Å². The molecule has 0 rings (SSSR count). The number of methoxy groups -OCH3 is 1. The Hall–Kier alpha value is -0.870. The van der Waals surface area contributed by atoms with Gasteiger partial charge in [-0.05, 0) is 20.8 Å².